The molecule has 2 aromatic rings. The van der Waals surface area contributed by atoms with Gasteiger partial charge in [-0.15, -0.1) is 0 Å². The molecule has 2 heterocycles. The van der Waals surface area contributed by atoms with E-state index in [1.54, 1.807) is 0 Å². The summed E-state index contributed by atoms with van der Waals surface area (Å²) in [6.07, 6.45) is -3.24. The number of halogens is 5. The van der Waals surface area contributed by atoms with Crippen LogP contribution in [-0.2, 0) is 13.2 Å². The summed E-state index contributed by atoms with van der Waals surface area (Å²) >= 11 is 11.3. The molecule has 96 valence electrons. The number of aromatic nitrogens is 3. The Hall–Kier alpha value is -1.27. The Kier molecular flexibility index (Phi) is 3.25. The Morgan fingerprint density at radius 2 is 1.89 bits per heavy atom. The Labute approximate surface area is 110 Å². The zero-order valence-corrected chi connectivity index (χ0v) is 10.5. The van der Waals surface area contributed by atoms with E-state index in [1.807, 2.05) is 0 Å². The van der Waals surface area contributed by atoms with E-state index < -0.39 is 16.9 Å². The molecule has 0 fully saturated rings. The Bertz CT molecular complexity index is 575. The Balaban J connectivity index is 2.57. The highest BCUT2D eigenvalue weighted by molar-refractivity contribution is 6.34. The minimum Gasteiger partial charge on any atom is -0.262 e. The number of hydrogen-bond donors (Lipinski definition) is 0. The predicted octanol–water partition coefficient (Wildman–Crippen LogP) is 3.81. The van der Waals surface area contributed by atoms with Crippen molar-refractivity contribution in [3.63, 3.8) is 0 Å². The fraction of sp³-hybridized carbons (Fsp3) is 0.200. The van der Waals surface area contributed by atoms with Crippen LogP contribution in [0.5, 0.6) is 0 Å². The van der Waals surface area contributed by atoms with Gasteiger partial charge in [0.1, 0.15) is 10.8 Å². The highest BCUT2D eigenvalue weighted by atomic mass is 35.5. The van der Waals surface area contributed by atoms with Crippen molar-refractivity contribution in [3.8, 4) is 11.3 Å². The van der Waals surface area contributed by atoms with Crippen molar-refractivity contribution in [2.75, 3.05) is 0 Å². The fourth-order valence-corrected chi connectivity index (χ4v) is 1.99. The van der Waals surface area contributed by atoms with Gasteiger partial charge in [-0.25, -0.2) is 4.98 Å². The first-order valence-corrected chi connectivity index (χ1v) is 5.48. The van der Waals surface area contributed by atoms with Crippen LogP contribution in [0, 0.1) is 0 Å². The van der Waals surface area contributed by atoms with Crippen LogP contribution < -0.4 is 0 Å². The first kappa shape index (κ1) is 13.2. The van der Waals surface area contributed by atoms with Gasteiger partial charge in [-0.3, -0.25) is 4.68 Å². The fourth-order valence-electron chi connectivity index (χ4n) is 1.51. The van der Waals surface area contributed by atoms with E-state index in [-0.39, 0.29) is 10.8 Å². The molecule has 18 heavy (non-hydrogen) atoms. The molecule has 0 saturated heterocycles. The molecule has 0 aliphatic heterocycles. The SMILES string of the molecule is Cn1nc(-c2ccc(Cl)nc2)c(Cl)c1C(F)(F)F. The van der Waals surface area contributed by atoms with Crippen molar-refractivity contribution in [3.05, 3.63) is 34.2 Å². The number of hydrogen-bond acceptors (Lipinski definition) is 2. The zero-order valence-electron chi connectivity index (χ0n) is 8.96. The van der Waals surface area contributed by atoms with Crippen molar-refractivity contribution in [2.24, 2.45) is 7.05 Å². The number of rotatable bonds is 1. The molecular formula is C10H6Cl2F3N3. The van der Waals surface area contributed by atoms with Crippen LogP contribution in [-0.4, -0.2) is 14.8 Å². The van der Waals surface area contributed by atoms with Gasteiger partial charge in [0, 0.05) is 18.8 Å². The third-order valence-electron chi connectivity index (χ3n) is 2.26. The monoisotopic (exact) mass is 295 g/mol. The molecule has 2 aromatic heterocycles. The molecule has 0 bridgehead atoms. The van der Waals surface area contributed by atoms with E-state index in [0.717, 1.165) is 0 Å². The van der Waals surface area contributed by atoms with Crippen LogP contribution in [0.4, 0.5) is 13.2 Å². The van der Waals surface area contributed by atoms with Crippen LogP contribution in [0.2, 0.25) is 10.2 Å². The Morgan fingerprint density at radius 3 is 2.33 bits per heavy atom. The summed E-state index contributed by atoms with van der Waals surface area (Å²) in [6, 6.07) is 2.96. The molecule has 0 saturated carbocycles. The molecule has 0 aromatic carbocycles. The summed E-state index contributed by atoms with van der Waals surface area (Å²) in [5, 5.41) is 3.55. The van der Waals surface area contributed by atoms with E-state index in [1.165, 1.54) is 25.4 Å². The molecule has 0 aliphatic carbocycles. The topological polar surface area (TPSA) is 30.7 Å². The third kappa shape index (κ3) is 2.30. The molecular weight excluding hydrogens is 290 g/mol. The van der Waals surface area contributed by atoms with E-state index in [0.29, 0.717) is 10.2 Å². The van der Waals surface area contributed by atoms with E-state index >= 15 is 0 Å². The average molecular weight is 296 g/mol. The predicted molar refractivity (Wildman–Crippen MR) is 61.5 cm³/mol. The standard InChI is InChI=1S/C10H6Cl2F3N3/c1-18-9(10(13,14)15)7(12)8(17-18)5-2-3-6(11)16-4-5/h2-4H,1H3. The lowest BCUT2D eigenvalue weighted by Gasteiger charge is -2.06. The van der Waals surface area contributed by atoms with E-state index in [2.05, 4.69) is 10.1 Å². The lowest BCUT2D eigenvalue weighted by Crippen LogP contribution is -2.12. The van der Waals surface area contributed by atoms with Crippen molar-refractivity contribution in [2.45, 2.75) is 6.18 Å². The summed E-state index contributed by atoms with van der Waals surface area (Å²) in [4.78, 5) is 3.77. The van der Waals surface area contributed by atoms with Crippen molar-refractivity contribution in [1.82, 2.24) is 14.8 Å². The van der Waals surface area contributed by atoms with Gasteiger partial charge in [0.2, 0.25) is 0 Å². The summed E-state index contributed by atoms with van der Waals surface area (Å²) in [5.41, 5.74) is -0.597. The lowest BCUT2D eigenvalue weighted by atomic mass is 10.2. The van der Waals surface area contributed by atoms with E-state index in [9.17, 15) is 13.2 Å². The van der Waals surface area contributed by atoms with Crippen LogP contribution in [0.3, 0.4) is 0 Å². The summed E-state index contributed by atoms with van der Waals surface area (Å²) < 4.78 is 38.9. The zero-order chi connectivity index (χ0) is 13.5. The minimum absolute atomic E-state index is 0.0238. The third-order valence-corrected chi connectivity index (χ3v) is 2.84. The van der Waals surface area contributed by atoms with Crippen LogP contribution >= 0.6 is 23.2 Å². The minimum atomic E-state index is -4.56. The van der Waals surface area contributed by atoms with Gasteiger partial charge in [0.15, 0.2) is 5.69 Å². The second-order valence-corrected chi connectivity index (χ2v) is 4.27. The highest BCUT2D eigenvalue weighted by Gasteiger charge is 2.39. The Morgan fingerprint density at radius 1 is 1.22 bits per heavy atom. The van der Waals surface area contributed by atoms with Gasteiger partial charge < -0.3 is 0 Å². The van der Waals surface area contributed by atoms with Crippen molar-refractivity contribution >= 4 is 23.2 Å². The molecule has 0 atom stereocenters. The van der Waals surface area contributed by atoms with Gasteiger partial charge in [-0.1, -0.05) is 23.2 Å². The van der Waals surface area contributed by atoms with Crippen LogP contribution in [0.1, 0.15) is 5.69 Å². The quantitative estimate of drug-likeness (QED) is 0.749. The molecule has 0 unspecified atom stereocenters. The first-order valence-electron chi connectivity index (χ1n) is 4.72. The maximum absolute atomic E-state index is 12.7. The first-order chi connectivity index (χ1) is 8.30. The summed E-state index contributed by atoms with van der Waals surface area (Å²) in [6.45, 7) is 0. The second-order valence-electron chi connectivity index (χ2n) is 3.50. The van der Waals surface area contributed by atoms with Gasteiger partial charge >= 0.3 is 6.18 Å². The molecule has 0 N–H and O–H groups in total. The molecule has 8 heteroatoms. The normalized spacial score (nSPS) is 11.9. The van der Waals surface area contributed by atoms with Crippen LogP contribution in [0.25, 0.3) is 11.3 Å². The van der Waals surface area contributed by atoms with Gasteiger partial charge in [-0.2, -0.15) is 18.3 Å². The van der Waals surface area contributed by atoms with E-state index in [4.69, 9.17) is 23.2 Å². The molecule has 0 radical (unpaired) electrons. The molecule has 0 aliphatic rings. The van der Waals surface area contributed by atoms with Gasteiger partial charge in [0.25, 0.3) is 0 Å². The van der Waals surface area contributed by atoms with Crippen molar-refractivity contribution < 1.29 is 13.2 Å². The maximum Gasteiger partial charge on any atom is 0.434 e. The number of nitrogens with zero attached hydrogens (tertiary/aromatic N) is 3. The van der Waals surface area contributed by atoms with Crippen molar-refractivity contribution in [1.29, 1.82) is 0 Å². The second kappa shape index (κ2) is 4.44. The smallest absolute Gasteiger partial charge is 0.262 e. The van der Waals surface area contributed by atoms with Crippen LogP contribution in [0.15, 0.2) is 18.3 Å². The number of pyridine rings is 1. The molecule has 0 spiro atoms. The van der Waals surface area contributed by atoms with Gasteiger partial charge in [-0.05, 0) is 12.1 Å². The summed E-state index contributed by atoms with van der Waals surface area (Å²) in [5.74, 6) is 0. The summed E-state index contributed by atoms with van der Waals surface area (Å²) in [7, 11) is 1.18. The maximum atomic E-state index is 12.7. The number of alkyl halides is 3. The molecule has 3 nitrogen and oxygen atoms in total. The average Bonchev–Trinajstić information content (AvgIpc) is 2.54. The highest BCUT2D eigenvalue weighted by Crippen LogP contribution is 2.39. The van der Waals surface area contributed by atoms with Gasteiger partial charge in [0.05, 0.1) is 5.02 Å². The lowest BCUT2D eigenvalue weighted by molar-refractivity contribution is -0.143. The number of aryl methyl sites for hydroxylation is 1. The molecule has 0 amide bonds. The molecule has 2 rings (SSSR count). The largest absolute Gasteiger partial charge is 0.434 e.